The first-order chi connectivity index (χ1) is 17.6. The zero-order chi connectivity index (χ0) is 26.5. The number of rotatable bonds is 29. The highest BCUT2D eigenvalue weighted by Gasteiger charge is 2.11. The molecule has 0 aromatic rings. The monoisotopic (exact) mass is 512 g/mol. The molecule has 0 bridgehead atoms. The number of hydrogen-bond acceptors (Lipinski definition) is 4. The van der Waals surface area contributed by atoms with Gasteiger partial charge in [-0.25, -0.2) is 0 Å². The SMILES string of the molecule is CCCCCCCCCCOC(CCCCCCC(CC)OC(C)=O)OCCCCCCCCCC. The van der Waals surface area contributed by atoms with Crippen molar-refractivity contribution in [3.63, 3.8) is 0 Å². The van der Waals surface area contributed by atoms with Gasteiger partial charge in [0.2, 0.25) is 0 Å². The van der Waals surface area contributed by atoms with Gasteiger partial charge in [-0.3, -0.25) is 4.79 Å². The van der Waals surface area contributed by atoms with E-state index in [4.69, 9.17) is 14.2 Å². The van der Waals surface area contributed by atoms with Gasteiger partial charge in [0.25, 0.3) is 0 Å². The molecule has 0 amide bonds. The third kappa shape index (κ3) is 26.5. The van der Waals surface area contributed by atoms with E-state index in [1.165, 1.54) is 110 Å². The Morgan fingerprint density at radius 1 is 0.528 bits per heavy atom. The zero-order valence-electron chi connectivity index (χ0n) is 25.0. The molecule has 1 unspecified atom stereocenters. The minimum Gasteiger partial charge on any atom is -0.463 e. The first-order valence-corrected chi connectivity index (χ1v) is 16.0. The first-order valence-electron chi connectivity index (χ1n) is 16.0. The molecule has 36 heavy (non-hydrogen) atoms. The Labute approximate surface area is 226 Å². The maximum Gasteiger partial charge on any atom is 0.302 e. The minimum absolute atomic E-state index is 0.0384. The molecule has 0 fully saturated rings. The second-order valence-electron chi connectivity index (χ2n) is 10.8. The average molecular weight is 513 g/mol. The summed E-state index contributed by atoms with van der Waals surface area (Å²) >= 11 is 0. The molecular formula is C32H64O4. The van der Waals surface area contributed by atoms with Gasteiger partial charge in [-0.2, -0.15) is 0 Å². The van der Waals surface area contributed by atoms with Crippen molar-refractivity contribution in [2.45, 2.75) is 188 Å². The Balaban J connectivity index is 4.02. The van der Waals surface area contributed by atoms with Gasteiger partial charge >= 0.3 is 5.97 Å². The number of ether oxygens (including phenoxy) is 3. The van der Waals surface area contributed by atoms with Crippen molar-refractivity contribution in [2.75, 3.05) is 13.2 Å². The Kier molecular flexibility index (Phi) is 28.5. The lowest BCUT2D eigenvalue weighted by molar-refractivity contribution is -0.148. The van der Waals surface area contributed by atoms with Crippen LogP contribution < -0.4 is 0 Å². The molecule has 0 rings (SSSR count). The molecule has 216 valence electrons. The van der Waals surface area contributed by atoms with Crippen molar-refractivity contribution in [3.05, 3.63) is 0 Å². The molecule has 0 saturated carbocycles. The van der Waals surface area contributed by atoms with Gasteiger partial charge in [0, 0.05) is 20.1 Å². The van der Waals surface area contributed by atoms with Crippen molar-refractivity contribution in [3.8, 4) is 0 Å². The van der Waals surface area contributed by atoms with Crippen molar-refractivity contribution >= 4 is 5.97 Å². The molecule has 0 aromatic heterocycles. The molecule has 0 radical (unpaired) electrons. The van der Waals surface area contributed by atoms with Crippen LogP contribution in [-0.2, 0) is 19.0 Å². The lowest BCUT2D eigenvalue weighted by Gasteiger charge is -2.19. The van der Waals surface area contributed by atoms with E-state index < -0.39 is 0 Å². The van der Waals surface area contributed by atoms with E-state index in [-0.39, 0.29) is 18.4 Å². The highest BCUT2D eigenvalue weighted by Crippen LogP contribution is 2.16. The lowest BCUT2D eigenvalue weighted by atomic mass is 10.1. The fourth-order valence-corrected chi connectivity index (χ4v) is 4.73. The van der Waals surface area contributed by atoms with E-state index in [1.54, 1.807) is 0 Å². The van der Waals surface area contributed by atoms with E-state index in [2.05, 4.69) is 20.8 Å². The molecule has 1 atom stereocenters. The maximum atomic E-state index is 11.2. The standard InChI is InChI=1S/C32H64O4/c1-5-8-10-12-14-16-20-24-28-34-32(35-29-25-21-17-15-13-11-9-6-2)27-23-19-18-22-26-31(7-3)36-30(4)33/h31-32H,5-29H2,1-4H3. The van der Waals surface area contributed by atoms with Crippen LogP contribution in [0.25, 0.3) is 0 Å². The molecule has 4 heteroatoms. The Bertz CT molecular complexity index is 418. The summed E-state index contributed by atoms with van der Waals surface area (Å²) in [4.78, 5) is 11.2. The van der Waals surface area contributed by atoms with Crippen LogP contribution in [0.4, 0.5) is 0 Å². The molecule has 0 spiro atoms. The smallest absolute Gasteiger partial charge is 0.302 e. The molecule has 0 saturated heterocycles. The third-order valence-electron chi connectivity index (χ3n) is 7.11. The number of hydrogen-bond donors (Lipinski definition) is 0. The molecule has 4 nitrogen and oxygen atoms in total. The summed E-state index contributed by atoms with van der Waals surface area (Å²) in [6.45, 7) is 9.81. The second-order valence-corrected chi connectivity index (χ2v) is 10.8. The first kappa shape index (κ1) is 35.4. The van der Waals surface area contributed by atoms with Gasteiger partial charge in [0.15, 0.2) is 6.29 Å². The fraction of sp³-hybridized carbons (Fsp3) is 0.969. The Morgan fingerprint density at radius 2 is 0.917 bits per heavy atom. The third-order valence-corrected chi connectivity index (χ3v) is 7.11. The van der Waals surface area contributed by atoms with Gasteiger partial charge in [-0.15, -0.1) is 0 Å². The van der Waals surface area contributed by atoms with Crippen LogP contribution in [0.2, 0.25) is 0 Å². The van der Waals surface area contributed by atoms with Gasteiger partial charge in [0.05, 0.1) is 0 Å². The van der Waals surface area contributed by atoms with Crippen molar-refractivity contribution < 1.29 is 19.0 Å². The topological polar surface area (TPSA) is 44.8 Å². The number of esters is 1. The quantitative estimate of drug-likeness (QED) is 0.0568. The molecule has 0 aliphatic heterocycles. The summed E-state index contributed by atoms with van der Waals surface area (Å²) in [5.41, 5.74) is 0. The molecule has 0 aromatic carbocycles. The summed E-state index contributed by atoms with van der Waals surface area (Å²) in [5.74, 6) is -0.160. The van der Waals surface area contributed by atoms with Gasteiger partial charge in [-0.1, -0.05) is 124 Å². The van der Waals surface area contributed by atoms with Gasteiger partial charge < -0.3 is 14.2 Å². The highest BCUT2D eigenvalue weighted by molar-refractivity contribution is 5.66. The summed E-state index contributed by atoms with van der Waals surface area (Å²) in [5, 5.41) is 0. The van der Waals surface area contributed by atoms with Gasteiger partial charge in [0.1, 0.15) is 6.10 Å². The van der Waals surface area contributed by atoms with Crippen LogP contribution in [0.15, 0.2) is 0 Å². The number of carbonyl (C=O) groups is 1. The second kappa shape index (κ2) is 29.0. The lowest BCUT2D eigenvalue weighted by Crippen LogP contribution is -2.19. The van der Waals surface area contributed by atoms with E-state index >= 15 is 0 Å². The van der Waals surface area contributed by atoms with Crippen molar-refractivity contribution in [1.29, 1.82) is 0 Å². The minimum atomic E-state index is -0.160. The molecule has 0 heterocycles. The number of carbonyl (C=O) groups excluding carboxylic acids is 1. The molecule has 0 aliphatic carbocycles. The zero-order valence-corrected chi connectivity index (χ0v) is 25.0. The normalized spacial score (nSPS) is 12.4. The van der Waals surface area contributed by atoms with Crippen LogP contribution in [-0.4, -0.2) is 31.6 Å². The fourth-order valence-electron chi connectivity index (χ4n) is 4.73. The molecular weight excluding hydrogens is 448 g/mol. The predicted octanol–water partition coefficient (Wildman–Crippen LogP) is 10.3. The summed E-state index contributed by atoms with van der Waals surface area (Å²) in [6.07, 6.45) is 28.8. The van der Waals surface area contributed by atoms with E-state index in [0.29, 0.717) is 0 Å². The van der Waals surface area contributed by atoms with Crippen LogP contribution >= 0.6 is 0 Å². The Hall–Kier alpha value is -0.610. The molecule has 0 aliphatic rings. The van der Waals surface area contributed by atoms with Crippen LogP contribution in [0.3, 0.4) is 0 Å². The highest BCUT2D eigenvalue weighted by atomic mass is 16.7. The number of unbranched alkanes of at least 4 members (excludes halogenated alkanes) is 17. The van der Waals surface area contributed by atoms with E-state index in [9.17, 15) is 4.79 Å². The predicted molar refractivity (Wildman–Crippen MR) is 154 cm³/mol. The van der Waals surface area contributed by atoms with Crippen LogP contribution in [0.5, 0.6) is 0 Å². The maximum absolute atomic E-state index is 11.2. The van der Waals surface area contributed by atoms with Crippen LogP contribution in [0, 0.1) is 0 Å². The van der Waals surface area contributed by atoms with E-state index in [0.717, 1.165) is 58.2 Å². The average Bonchev–Trinajstić information content (AvgIpc) is 2.87. The largest absolute Gasteiger partial charge is 0.463 e. The van der Waals surface area contributed by atoms with E-state index in [1.807, 2.05) is 0 Å². The Morgan fingerprint density at radius 3 is 1.33 bits per heavy atom. The summed E-state index contributed by atoms with van der Waals surface area (Å²) in [6, 6.07) is 0. The summed E-state index contributed by atoms with van der Waals surface area (Å²) in [7, 11) is 0. The van der Waals surface area contributed by atoms with Crippen LogP contribution in [0.1, 0.15) is 175 Å². The molecule has 0 N–H and O–H groups in total. The van der Waals surface area contributed by atoms with Crippen molar-refractivity contribution in [2.24, 2.45) is 0 Å². The summed E-state index contributed by atoms with van der Waals surface area (Å²) < 4.78 is 17.7. The van der Waals surface area contributed by atoms with Crippen molar-refractivity contribution in [1.82, 2.24) is 0 Å². The van der Waals surface area contributed by atoms with Gasteiger partial charge in [-0.05, 0) is 44.9 Å².